The van der Waals surface area contributed by atoms with Crippen LogP contribution in [0.2, 0.25) is 10.2 Å². The van der Waals surface area contributed by atoms with Crippen molar-refractivity contribution in [2.75, 3.05) is 0 Å². The molecule has 0 saturated heterocycles. The lowest BCUT2D eigenvalue weighted by atomic mass is 10.2. The maximum Gasteiger partial charge on any atom is 0.350 e. The van der Waals surface area contributed by atoms with E-state index in [2.05, 4.69) is 17.0 Å². The van der Waals surface area contributed by atoms with Crippen LogP contribution < -0.4 is 5.69 Å². The van der Waals surface area contributed by atoms with E-state index in [9.17, 15) is 4.79 Å². The van der Waals surface area contributed by atoms with Crippen molar-refractivity contribution in [3.05, 3.63) is 51.1 Å². The number of hydrogen-bond acceptors (Lipinski definition) is 3. The molecular weight excluding hydrogens is 323 g/mol. The predicted octanol–water partition coefficient (Wildman–Crippen LogP) is 3.66. The zero-order chi connectivity index (χ0) is 15.7. The van der Waals surface area contributed by atoms with Gasteiger partial charge in [0, 0.05) is 23.3 Å². The highest BCUT2D eigenvalue weighted by atomic mass is 35.5. The monoisotopic (exact) mass is 336 g/mol. The van der Waals surface area contributed by atoms with Gasteiger partial charge in [-0.2, -0.15) is 0 Å². The Morgan fingerprint density at radius 1 is 1.18 bits per heavy atom. The summed E-state index contributed by atoms with van der Waals surface area (Å²) in [5, 5.41) is 5.10. The number of hydrogen-bond donors (Lipinski definition) is 0. The summed E-state index contributed by atoms with van der Waals surface area (Å²) in [6, 6.07) is 7.20. The molecule has 7 heteroatoms. The van der Waals surface area contributed by atoms with Gasteiger partial charge >= 0.3 is 5.69 Å². The van der Waals surface area contributed by atoms with Crippen molar-refractivity contribution in [1.82, 2.24) is 19.2 Å². The number of aryl methyl sites for hydroxylation is 1. The van der Waals surface area contributed by atoms with Crippen molar-refractivity contribution in [2.24, 2.45) is 0 Å². The van der Waals surface area contributed by atoms with Crippen LogP contribution in [-0.4, -0.2) is 19.2 Å². The average molecular weight is 337 g/mol. The molecule has 0 aliphatic heterocycles. The molecule has 114 valence electrons. The minimum Gasteiger partial charge on any atom is -0.246 e. The van der Waals surface area contributed by atoms with Gasteiger partial charge in [0.15, 0.2) is 10.8 Å². The Labute approximate surface area is 137 Å². The van der Waals surface area contributed by atoms with E-state index < -0.39 is 0 Å². The summed E-state index contributed by atoms with van der Waals surface area (Å²) >= 11 is 12.1. The summed E-state index contributed by atoms with van der Waals surface area (Å²) in [5.41, 5.74) is 1.61. The largest absolute Gasteiger partial charge is 0.350 e. The number of nitrogens with zero attached hydrogens (tertiary/aromatic N) is 4. The maximum absolute atomic E-state index is 12.4. The topological polar surface area (TPSA) is 52.2 Å². The Morgan fingerprint density at radius 2 is 1.91 bits per heavy atom. The Morgan fingerprint density at radius 3 is 2.59 bits per heavy atom. The van der Waals surface area contributed by atoms with Crippen molar-refractivity contribution in [3.8, 4) is 11.3 Å². The van der Waals surface area contributed by atoms with E-state index in [1.165, 1.54) is 9.08 Å². The zero-order valence-corrected chi connectivity index (χ0v) is 13.5. The summed E-state index contributed by atoms with van der Waals surface area (Å²) in [5.74, 6) is 0. The van der Waals surface area contributed by atoms with Gasteiger partial charge in [0.2, 0.25) is 0 Å². The fraction of sp³-hybridized carbons (Fsp3) is 0.267. The van der Waals surface area contributed by atoms with E-state index in [1.807, 2.05) is 12.1 Å². The molecule has 0 saturated carbocycles. The van der Waals surface area contributed by atoms with Crippen molar-refractivity contribution >= 4 is 28.8 Å². The number of halogens is 2. The van der Waals surface area contributed by atoms with E-state index in [-0.39, 0.29) is 10.8 Å². The van der Waals surface area contributed by atoms with Crippen LogP contribution in [0.15, 0.2) is 35.3 Å². The number of rotatable bonds is 4. The molecule has 0 aliphatic carbocycles. The van der Waals surface area contributed by atoms with E-state index in [1.54, 1.807) is 18.3 Å². The second-order valence-corrected chi connectivity index (χ2v) is 5.77. The van der Waals surface area contributed by atoms with Gasteiger partial charge in [-0.3, -0.25) is 0 Å². The lowest BCUT2D eigenvalue weighted by Crippen LogP contribution is -2.21. The molecule has 0 atom stereocenters. The first-order valence-electron chi connectivity index (χ1n) is 7.02. The average Bonchev–Trinajstić information content (AvgIpc) is 2.83. The van der Waals surface area contributed by atoms with Gasteiger partial charge in [-0.25, -0.2) is 18.9 Å². The minimum absolute atomic E-state index is 0.206. The summed E-state index contributed by atoms with van der Waals surface area (Å²) in [6.45, 7) is 2.64. The molecule has 1 aromatic carbocycles. The smallest absolute Gasteiger partial charge is 0.246 e. The Hall–Kier alpha value is -1.85. The van der Waals surface area contributed by atoms with Gasteiger partial charge in [-0.05, 0) is 18.6 Å². The molecule has 0 N–H and O–H groups in total. The molecule has 22 heavy (non-hydrogen) atoms. The highest BCUT2D eigenvalue weighted by molar-refractivity contribution is 6.32. The Kier molecular flexibility index (Phi) is 4.18. The SMILES string of the molecule is CCCCn1nc2c(Cl)nc(-c3ccc(Cl)cc3)cn2c1=O. The molecule has 3 aromatic rings. The van der Waals surface area contributed by atoms with E-state index in [4.69, 9.17) is 23.2 Å². The molecule has 0 unspecified atom stereocenters. The van der Waals surface area contributed by atoms with Crippen LogP contribution >= 0.6 is 23.2 Å². The normalized spacial score (nSPS) is 11.2. The molecule has 0 spiro atoms. The molecule has 0 bridgehead atoms. The third-order valence-electron chi connectivity index (χ3n) is 3.39. The number of benzene rings is 1. The Balaban J connectivity index is 2.13. The van der Waals surface area contributed by atoms with Crippen LogP contribution in [0, 0.1) is 0 Å². The van der Waals surface area contributed by atoms with E-state index >= 15 is 0 Å². The molecule has 2 heterocycles. The fourth-order valence-corrected chi connectivity index (χ4v) is 2.54. The molecule has 0 fully saturated rings. The van der Waals surface area contributed by atoms with Crippen LogP contribution in [-0.2, 0) is 6.54 Å². The third kappa shape index (κ3) is 2.74. The molecular formula is C15H14Cl2N4O. The van der Waals surface area contributed by atoms with E-state index in [0.717, 1.165) is 18.4 Å². The number of aromatic nitrogens is 4. The standard InChI is InChI=1S/C15H14Cl2N4O/c1-2-3-8-21-15(22)20-9-12(18-13(17)14(20)19-21)10-4-6-11(16)7-5-10/h4-7,9H,2-3,8H2,1H3. The van der Waals surface area contributed by atoms with Crippen LogP contribution in [0.4, 0.5) is 0 Å². The molecule has 5 nitrogen and oxygen atoms in total. The summed E-state index contributed by atoms with van der Waals surface area (Å²) in [7, 11) is 0. The first kappa shape index (κ1) is 15.1. The van der Waals surface area contributed by atoms with Crippen molar-refractivity contribution < 1.29 is 0 Å². The summed E-state index contributed by atoms with van der Waals surface area (Å²) in [4.78, 5) is 16.7. The second kappa shape index (κ2) is 6.10. The van der Waals surface area contributed by atoms with Crippen molar-refractivity contribution in [2.45, 2.75) is 26.3 Å². The van der Waals surface area contributed by atoms with Gasteiger partial charge in [0.05, 0.1) is 5.69 Å². The van der Waals surface area contributed by atoms with Crippen molar-refractivity contribution in [3.63, 3.8) is 0 Å². The number of unbranched alkanes of at least 4 members (excludes halogenated alkanes) is 1. The molecule has 0 amide bonds. The highest BCUT2D eigenvalue weighted by Gasteiger charge is 2.13. The lowest BCUT2D eigenvalue weighted by molar-refractivity contribution is 0.554. The van der Waals surface area contributed by atoms with Crippen LogP contribution in [0.5, 0.6) is 0 Å². The maximum atomic E-state index is 12.4. The first-order valence-corrected chi connectivity index (χ1v) is 7.77. The molecule has 0 radical (unpaired) electrons. The zero-order valence-electron chi connectivity index (χ0n) is 12.0. The third-order valence-corrected chi connectivity index (χ3v) is 3.89. The summed E-state index contributed by atoms with van der Waals surface area (Å²) in [6.07, 6.45) is 3.53. The van der Waals surface area contributed by atoms with E-state index in [0.29, 0.717) is 22.9 Å². The molecule has 0 aliphatic rings. The molecule has 2 aromatic heterocycles. The van der Waals surface area contributed by atoms with Crippen LogP contribution in [0.3, 0.4) is 0 Å². The van der Waals surface area contributed by atoms with Crippen molar-refractivity contribution in [1.29, 1.82) is 0 Å². The predicted molar refractivity (Wildman–Crippen MR) is 87.6 cm³/mol. The van der Waals surface area contributed by atoms with Gasteiger partial charge < -0.3 is 0 Å². The first-order chi connectivity index (χ1) is 10.6. The van der Waals surface area contributed by atoms with Crippen LogP contribution in [0.1, 0.15) is 19.8 Å². The fourth-order valence-electron chi connectivity index (χ4n) is 2.20. The summed E-state index contributed by atoms with van der Waals surface area (Å²) < 4.78 is 2.87. The van der Waals surface area contributed by atoms with Gasteiger partial charge in [0.1, 0.15) is 0 Å². The van der Waals surface area contributed by atoms with Gasteiger partial charge in [-0.1, -0.05) is 48.7 Å². The quantitative estimate of drug-likeness (QED) is 0.730. The lowest BCUT2D eigenvalue weighted by Gasteiger charge is -2.02. The molecule has 3 rings (SSSR count). The Bertz CT molecular complexity index is 868. The van der Waals surface area contributed by atoms with Gasteiger partial charge in [-0.15, -0.1) is 5.10 Å². The van der Waals surface area contributed by atoms with Crippen LogP contribution in [0.25, 0.3) is 16.9 Å². The second-order valence-electron chi connectivity index (χ2n) is 4.98. The minimum atomic E-state index is -0.206. The number of fused-ring (bicyclic) bond motifs is 1. The highest BCUT2D eigenvalue weighted by Crippen LogP contribution is 2.22. The van der Waals surface area contributed by atoms with Gasteiger partial charge in [0.25, 0.3) is 0 Å².